The lowest BCUT2D eigenvalue weighted by Crippen LogP contribution is -2.41. The molecule has 0 atom stereocenters. The Labute approximate surface area is 115 Å². The van der Waals surface area contributed by atoms with Crippen molar-refractivity contribution in [2.24, 2.45) is 11.8 Å². The van der Waals surface area contributed by atoms with Gasteiger partial charge in [-0.3, -0.25) is 9.59 Å². The van der Waals surface area contributed by atoms with Crippen molar-refractivity contribution in [2.75, 3.05) is 20.2 Å². The van der Waals surface area contributed by atoms with E-state index in [1.165, 1.54) is 39.2 Å². The zero-order valence-electron chi connectivity index (χ0n) is 11.9. The second kappa shape index (κ2) is 6.92. The number of carbonyl (C=O) groups excluding carboxylic acids is 2. The largest absolute Gasteiger partial charge is 0.469 e. The van der Waals surface area contributed by atoms with Crippen LogP contribution in [0.25, 0.3) is 0 Å². The van der Waals surface area contributed by atoms with Gasteiger partial charge in [0.25, 0.3) is 0 Å². The van der Waals surface area contributed by atoms with E-state index in [0.29, 0.717) is 25.4 Å². The molecule has 0 N–H and O–H groups in total. The van der Waals surface area contributed by atoms with Crippen LogP contribution in [0.5, 0.6) is 0 Å². The Morgan fingerprint density at radius 2 is 1.68 bits per heavy atom. The predicted molar refractivity (Wildman–Crippen MR) is 72.5 cm³/mol. The van der Waals surface area contributed by atoms with Crippen LogP contribution in [0.4, 0.5) is 0 Å². The van der Waals surface area contributed by atoms with E-state index in [2.05, 4.69) is 0 Å². The van der Waals surface area contributed by atoms with Crippen LogP contribution in [0.2, 0.25) is 0 Å². The SMILES string of the molecule is COC(=O)C1CCN(C(=O)CC2CCCCC2)CC1. The summed E-state index contributed by atoms with van der Waals surface area (Å²) in [4.78, 5) is 25.6. The Balaban J connectivity index is 1.74. The molecule has 0 radical (unpaired) electrons. The zero-order chi connectivity index (χ0) is 13.7. The van der Waals surface area contributed by atoms with Crippen molar-refractivity contribution in [3.8, 4) is 0 Å². The van der Waals surface area contributed by atoms with Gasteiger partial charge >= 0.3 is 5.97 Å². The minimum atomic E-state index is -0.126. The van der Waals surface area contributed by atoms with E-state index in [0.717, 1.165) is 12.8 Å². The molecular formula is C15H25NO3. The number of hydrogen-bond acceptors (Lipinski definition) is 3. The van der Waals surface area contributed by atoms with Crippen LogP contribution in [0, 0.1) is 11.8 Å². The summed E-state index contributed by atoms with van der Waals surface area (Å²) < 4.78 is 4.76. The van der Waals surface area contributed by atoms with E-state index >= 15 is 0 Å². The normalized spacial score (nSPS) is 22.3. The van der Waals surface area contributed by atoms with Gasteiger partial charge in [-0.2, -0.15) is 0 Å². The van der Waals surface area contributed by atoms with Crippen LogP contribution in [-0.4, -0.2) is 37.0 Å². The number of methoxy groups -OCH3 is 1. The molecule has 0 aromatic heterocycles. The Kier molecular flexibility index (Phi) is 5.23. The Hall–Kier alpha value is -1.06. The first-order valence-electron chi connectivity index (χ1n) is 7.56. The Bertz CT molecular complexity index is 315. The third-order valence-electron chi connectivity index (χ3n) is 4.57. The van der Waals surface area contributed by atoms with Crippen molar-refractivity contribution in [1.29, 1.82) is 0 Å². The molecule has 0 bridgehead atoms. The molecule has 0 aromatic carbocycles. The second-order valence-corrected chi connectivity index (χ2v) is 5.89. The number of amides is 1. The summed E-state index contributed by atoms with van der Waals surface area (Å²) in [5, 5.41) is 0. The van der Waals surface area contributed by atoms with E-state index in [-0.39, 0.29) is 17.8 Å². The molecule has 1 aliphatic carbocycles. The highest BCUT2D eigenvalue weighted by atomic mass is 16.5. The molecule has 2 rings (SSSR count). The first-order chi connectivity index (χ1) is 9.20. The van der Waals surface area contributed by atoms with Crippen LogP contribution in [0.1, 0.15) is 51.4 Å². The average molecular weight is 267 g/mol. The van der Waals surface area contributed by atoms with E-state index in [4.69, 9.17) is 4.74 Å². The monoisotopic (exact) mass is 267 g/mol. The number of ether oxygens (including phenoxy) is 1. The Morgan fingerprint density at radius 3 is 2.26 bits per heavy atom. The van der Waals surface area contributed by atoms with E-state index in [1.54, 1.807) is 0 Å². The van der Waals surface area contributed by atoms with Gasteiger partial charge in [-0.1, -0.05) is 19.3 Å². The van der Waals surface area contributed by atoms with Gasteiger partial charge < -0.3 is 9.64 Å². The highest BCUT2D eigenvalue weighted by molar-refractivity contribution is 5.77. The molecule has 0 aromatic rings. The van der Waals surface area contributed by atoms with Gasteiger partial charge in [0.2, 0.25) is 5.91 Å². The molecule has 1 aliphatic heterocycles. The van der Waals surface area contributed by atoms with E-state index < -0.39 is 0 Å². The fourth-order valence-corrected chi connectivity index (χ4v) is 3.30. The third-order valence-corrected chi connectivity index (χ3v) is 4.57. The van der Waals surface area contributed by atoms with Crippen LogP contribution >= 0.6 is 0 Å². The summed E-state index contributed by atoms with van der Waals surface area (Å²) in [6, 6.07) is 0. The molecule has 4 nitrogen and oxygen atoms in total. The van der Waals surface area contributed by atoms with Crippen molar-refractivity contribution < 1.29 is 14.3 Å². The second-order valence-electron chi connectivity index (χ2n) is 5.89. The molecule has 108 valence electrons. The summed E-state index contributed by atoms with van der Waals surface area (Å²) in [5.74, 6) is 0.748. The maximum atomic E-state index is 12.2. The van der Waals surface area contributed by atoms with E-state index in [9.17, 15) is 9.59 Å². The fourth-order valence-electron chi connectivity index (χ4n) is 3.30. The lowest BCUT2D eigenvalue weighted by molar-refractivity contribution is -0.149. The molecule has 1 heterocycles. The summed E-state index contributed by atoms with van der Waals surface area (Å²) in [6.45, 7) is 1.43. The number of nitrogens with zero attached hydrogens (tertiary/aromatic N) is 1. The van der Waals surface area contributed by atoms with Crippen LogP contribution in [-0.2, 0) is 14.3 Å². The first-order valence-corrected chi connectivity index (χ1v) is 7.56. The fraction of sp³-hybridized carbons (Fsp3) is 0.867. The smallest absolute Gasteiger partial charge is 0.308 e. The van der Waals surface area contributed by atoms with Gasteiger partial charge in [0, 0.05) is 19.5 Å². The van der Waals surface area contributed by atoms with Crippen molar-refractivity contribution in [3.05, 3.63) is 0 Å². The van der Waals surface area contributed by atoms with Crippen LogP contribution < -0.4 is 0 Å². The van der Waals surface area contributed by atoms with Gasteiger partial charge in [0.05, 0.1) is 13.0 Å². The standard InChI is InChI=1S/C15H25NO3/c1-19-15(18)13-7-9-16(10-8-13)14(17)11-12-5-3-2-4-6-12/h12-13H,2-11H2,1H3. The minimum Gasteiger partial charge on any atom is -0.469 e. The van der Waals surface area contributed by atoms with Crippen molar-refractivity contribution in [1.82, 2.24) is 4.90 Å². The van der Waals surface area contributed by atoms with Gasteiger partial charge in [-0.25, -0.2) is 0 Å². The summed E-state index contributed by atoms with van der Waals surface area (Å²) in [5.41, 5.74) is 0. The summed E-state index contributed by atoms with van der Waals surface area (Å²) >= 11 is 0. The van der Waals surface area contributed by atoms with Crippen LogP contribution in [0.15, 0.2) is 0 Å². The molecule has 2 fully saturated rings. The number of piperidine rings is 1. The molecule has 0 spiro atoms. The van der Waals surface area contributed by atoms with Gasteiger partial charge in [-0.05, 0) is 31.6 Å². The number of carbonyl (C=O) groups is 2. The zero-order valence-corrected chi connectivity index (χ0v) is 11.9. The summed E-state index contributed by atoms with van der Waals surface area (Å²) in [6.07, 6.45) is 8.53. The highest BCUT2D eigenvalue weighted by Gasteiger charge is 2.28. The van der Waals surface area contributed by atoms with Gasteiger partial charge in [0.15, 0.2) is 0 Å². The maximum Gasteiger partial charge on any atom is 0.308 e. The van der Waals surface area contributed by atoms with Gasteiger partial charge in [-0.15, -0.1) is 0 Å². The highest BCUT2D eigenvalue weighted by Crippen LogP contribution is 2.28. The quantitative estimate of drug-likeness (QED) is 0.737. The molecule has 1 saturated heterocycles. The lowest BCUT2D eigenvalue weighted by atomic mass is 9.86. The average Bonchev–Trinajstić information content (AvgIpc) is 2.47. The van der Waals surface area contributed by atoms with E-state index in [1.807, 2.05) is 4.90 Å². The maximum absolute atomic E-state index is 12.2. The molecule has 2 aliphatic rings. The molecular weight excluding hydrogens is 242 g/mol. The molecule has 1 saturated carbocycles. The lowest BCUT2D eigenvalue weighted by Gasteiger charge is -2.32. The number of hydrogen-bond donors (Lipinski definition) is 0. The topological polar surface area (TPSA) is 46.6 Å². The molecule has 19 heavy (non-hydrogen) atoms. The third kappa shape index (κ3) is 3.95. The first kappa shape index (κ1) is 14.4. The van der Waals surface area contributed by atoms with Crippen molar-refractivity contribution in [3.63, 3.8) is 0 Å². The van der Waals surface area contributed by atoms with Crippen molar-refractivity contribution in [2.45, 2.75) is 51.4 Å². The predicted octanol–water partition coefficient (Wildman–Crippen LogP) is 2.37. The number of likely N-dealkylation sites (tertiary alicyclic amines) is 1. The minimum absolute atomic E-state index is 0.0104. The number of rotatable bonds is 3. The summed E-state index contributed by atoms with van der Waals surface area (Å²) in [7, 11) is 1.43. The van der Waals surface area contributed by atoms with Gasteiger partial charge in [0.1, 0.15) is 0 Å². The molecule has 4 heteroatoms. The Morgan fingerprint density at radius 1 is 1.05 bits per heavy atom. The number of esters is 1. The van der Waals surface area contributed by atoms with Crippen molar-refractivity contribution >= 4 is 11.9 Å². The molecule has 0 unspecified atom stereocenters. The molecule has 1 amide bonds. The van der Waals surface area contributed by atoms with Crippen LogP contribution in [0.3, 0.4) is 0 Å².